The second-order valence-electron chi connectivity index (χ2n) is 5.43. The number of halogens is 1. The molecule has 1 aliphatic carbocycles. The van der Waals surface area contributed by atoms with Crippen LogP contribution in [-0.2, 0) is 0 Å². The summed E-state index contributed by atoms with van der Waals surface area (Å²) in [5.41, 5.74) is 2.32. The van der Waals surface area contributed by atoms with E-state index in [1.807, 2.05) is 12.1 Å². The van der Waals surface area contributed by atoms with Crippen molar-refractivity contribution >= 4 is 15.9 Å². The molecule has 1 N–H and O–H groups in total. The molecule has 3 rings (SSSR count). The fourth-order valence-electron chi connectivity index (χ4n) is 2.35. The Kier molecular flexibility index (Phi) is 4.66. The molecule has 2 aromatic rings. The Morgan fingerprint density at radius 1 is 1.38 bits per heavy atom. The standard InChI is InChI=1S/C17H20BrNO2/c1-2-9-19-16(15-8-10-20-17(15)18)12-4-3-5-14(11-12)21-13-6-7-13/h3-5,8,10-11,13,16,19H,2,6-7,9H2,1H3. The molecule has 1 aliphatic rings. The van der Waals surface area contributed by atoms with E-state index in [1.165, 1.54) is 18.4 Å². The molecule has 1 atom stereocenters. The lowest BCUT2D eigenvalue weighted by atomic mass is 10.0. The van der Waals surface area contributed by atoms with Crippen LogP contribution >= 0.6 is 15.9 Å². The number of nitrogens with one attached hydrogen (secondary N) is 1. The molecule has 0 radical (unpaired) electrons. The second-order valence-corrected chi connectivity index (χ2v) is 6.15. The Labute approximate surface area is 133 Å². The topological polar surface area (TPSA) is 34.4 Å². The third kappa shape index (κ3) is 3.69. The summed E-state index contributed by atoms with van der Waals surface area (Å²) in [6.45, 7) is 3.12. The SMILES string of the molecule is CCCNC(c1cccc(OC2CC2)c1)c1ccoc1Br. The van der Waals surface area contributed by atoms with E-state index < -0.39 is 0 Å². The van der Waals surface area contributed by atoms with Crippen LogP contribution in [-0.4, -0.2) is 12.6 Å². The van der Waals surface area contributed by atoms with Crippen LogP contribution < -0.4 is 10.1 Å². The molecule has 1 unspecified atom stereocenters. The van der Waals surface area contributed by atoms with Gasteiger partial charge in [0.05, 0.1) is 18.4 Å². The van der Waals surface area contributed by atoms with Crippen molar-refractivity contribution in [3.8, 4) is 5.75 Å². The Balaban J connectivity index is 1.86. The highest BCUT2D eigenvalue weighted by atomic mass is 79.9. The van der Waals surface area contributed by atoms with Gasteiger partial charge in [-0.25, -0.2) is 0 Å². The fraction of sp³-hybridized carbons (Fsp3) is 0.412. The number of ether oxygens (including phenoxy) is 1. The Hall–Kier alpha value is -1.26. The Morgan fingerprint density at radius 2 is 2.24 bits per heavy atom. The van der Waals surface area contributed by atoms with E-state index in [9.17, 15) is 0 Å². The summed E-state index contributed by atoms with van der Waals surface area (Å²) >= 11 is 3.49. The van der Waals surface area contributed by atoms with E-state index in [1.54, 1.807) is 6.26 Å². The van der Waals surface area contributed by atoms with Crippen LogP contribution in [0.4, 0.5) is 0 Å². The van der Waals surface area contributed by atoms with Gasteiger partial charge in [0.1, 0.15) is 5.75 Å². The molecule has 3 nitrogen and oxygen atoms in total. The Morgan fingerprint density at radius 3 is 2.90 bits per heavy atom. The average molecular weight is 350 g/mol. The normalized spacial score (nSPS) is 15.9. The van der Waals surface area contributed by atoms with Crippen molar-refractivity contribution in [2.75, 3.05) is 6.54 Å². The zero-order chi connectivity index (χ0) is 14.7. The first kappa shape index (κ1) is 14.7. The monoisotopic (exact) mass is 349 g/mol. The molecule has 1 heterocycles. The summed E-state index contributed by atoms with van der Waals surface area (Å²) in [5.74, 6) is 0.956. The van der Waals surface area contributed by atoms with Crippen molar-refractivity contribution in [3.63, 3.8) is 0 Å². The van der Waals surface area contributed by atoms with Gasteiger partial charge in [0.25, 0.3) is 0 Å². The molecule has 0 bridgehead atoms. The predicted molar refractivity (Wildman–Crippen MR) is 86.6 cm³/mol. The zero-order valence-corrected chi connectivity index (χ0v) is 13.7. The lowest BCUT2D eigenvalue weighted by Crippen LogP contribution is -2.23. The van der Waals surface area contributed by atoms with Crippen molar-refractivity contribution in [2.45, 2.75) is 38.3 Å². The first-order valence-corrected chi connectivity index (χ1v) is 8.30. The van der Waals surface area contributed by atoms with Crippen LogP contribution in [0.1, 0.15) is 43.4 Å². The number of hydrogen-bond acceptors (Lipinski definition) is 3. The van der Waals surface area contributed by atoms with Gasteiger partial charge in [-0.15, -0.1) is 0 Å². The molecule has 1 saturated carbocycles. The van der Waals surface area contributed by atoms with E-state index in [2.05, 4.69) is 46.4 Å². The van der Waals surface area contributed by atoms with Crippen LogP contribution in [0, 0.1) is 0 Å². The molecule has 1 aromatic heterocycles. The summed E-state index contributed by atoms with van der Waals surface area (Å²) < 4.78 is 12.1. The van der Waals surface area contributed by atoms with Gasteiger partial charge in [0.15, 0.2) is 4.67 Å². The van der Waals surface area contributed by atoms with Crippen molar-refractivity contribution in [1.82, 2.24) is 5.32 Å². The summed E-state index contributed by atoms with van der Waals surface area (Å²) in [5, 5.41) is 3.58. The highest BCUT2D eigenvalue weighted by molar-refractivity contribution is 9.10. The van der Waals surface area contributed by atoms with Crippen molar-refractivity contribution < 1.29 is 9.15 Å². The number of benzene rings is 1. The molecule has 0 spiro atoms. The van der Waals surface area contributed by atoms with Gasteiger partial charge in [-0.3, -0.25) is 0 Å². The van der Waals surface area contributed by atoms with Crippen molar-refractivity contribution in [2.24, 2.45) is 0 Å². The van der Waals surface area contributed by atoms with Gasteiger partial charge in [-0.05, 0) is 65.5 Å². The van der Waals surface area contributed by atoms with E-state index in [4.69, 9.17) is 9.15 Å². The molecule has 112 valence electrons. The van der Waals surface area contributed by atoms with Crippen molar-refractivity contribution in [3.05, 3.63) is 52.4 Å². The molecule has 0 saturated heterocycles. The maximum atomic E-state index is 5.91. The minimum absolute atomic E-state index is 0.112. The maximum Gasteiger partial charge on any atom is 0.174 e. The van der Waals surface area contributed by atoms with Crippen LogP contribution in [0.25, 0.3) is 0 Å². The quantitative estimate of drug-likeness (QED) is 0.788. The summed E-state index contributed by atoms with van der Waals surface area (Å²) in [6, 6.07) is 10.5. The molecule has 4 heteroatoms. The molecule has 0 aliphatic heterocycles. The fourth-order valence-corrected chi connectivity index (χ4v) is 2.82. The summed E-state index contributed by atoms with van der Waals surface area (Å²) in [4.78, 5) is 0. The molecule has 1 fully saturated rings. The molecule has 0 amide bonds. The lowest BCUT2D eigenvalue weighted by molar-refractivity contribution is 0.302. The molecular formula is C17H20BrNO2. The third-order valence-corrected chi connectivity index (χ3v) is 4.22. The van der Waals surface area contributed by atoms with Crippen molar-refractivity contribution in [1.29, 1.82) is 0 Å². The van der Waals surface area contributed by atoms with E-state index in [-0.39, 0.29) is 6.04 Å². The highest BCUT2D eigenvalue weighted by Gasteiger charge is 2.24. The smallest absolute Gasteiger partial charge is 0.174 e. The van der Waals surface area contributed by atoms with Gasteiger partial charge >= 0.3 is 0 Å². The maximum absolute atomic E-state index is 5.91. The average Bonchev–Trinajstić information content (AvgIpc) is 3.20. The van der Waals surface area contributed by atoms with E-state index in [0.29, 0.717) is 6.10 Å². The predicted octanol–water partition coefficient (Wildman–Crippen LogP) is 4.67. The van der Waals surface area contributed by atoms with E-state index >= 15 is 0 Å². The molecule has 21 heavy (non-hydrogen) atoms. The van der Waals surface area contributed by atoms with Gasteiger partial charge in [-0.2, -0.15) is 0 Å². The summed E-state index contributed by atoms with van der Waals surface area (Å²) in [6.07, 6.45) is 5.57. The van der Waals surface area contributed by atoms with Gasteiger partial charge in [-0.1, -0.05) is 19.1 Å². The minimum atomic E-state index is 0.112. The summed E-state index contributed by atoms with van der Waals surface area (Å²) in [7, 11) is 0. The van der Waals surface area contributed by atoms with Crippen LogP contribution in [0.3, 0.4) is 0 Å². The Bertz CT molecular complexity index is 592. The second kappa shape index (κ2) is 6.67. The first-order valence-electron chi connectivity index (χ1n) is 7.51. The van der Waals surface area contributed by atoms with Gasteiger partial charge < -0.3 is 14.5 Å². The van der Waals surface area contributed by atoms with Crippen LogP contribution in [0.2, 0.25) is 0 Å². The lowest BCUT2D eigenvalue weighted by Gasteiger charge is -2.19. The zero-order valence-electron chi connectivity index (χ0n) is 12.1. The molecular weight excluding hydrogens is 330 g/mol. The number of furan rings is 1. The number of rotatable bonds is 7. The number of hydrogen-bond donors (Lipinski definition) is 1. The highest BCUT2D eigenvalue weighted by Crippen LogP contribution is 2.33. The van der Waals surface area contributed by atoms with E-state index in [0.717, 1.165) is 28.9 Å². The minimum Gasteiger partial charge on any atom is -0.490 e. The third-order valence-electron chi connectivity index (χ3n) is 3.57. The van der Waals surface area contributed by atoms with Crippen LogP contribution in [0.15, 0.2) is 45.7 Å². The molecule has 1 aromatic carbocycles. The largest absolute Gasteiger partial charge is 0.490 e. The van der Waals surface area contributed by atoms with Gasteiger partial charge in [0.2, 0.25) is 0 Å². The van der Waals surface area contributed by atoms with Gasteiger partial charge in [0, 0.05) is 5.56 Å². The van der Waals surface area contributed by atoms with Crippen LogP contribution in [0.5, 0.6) is 5.75 Å². The first-order chi connectivity index (χ1) is 10.3.